The molecule has 0 spiro atoms. The molecule has 1 saturated carbocycles. The van der Waals surface area contributed by atoms with E-state index in [1.54, 1.807) is 41.4 Å². The molecule has 7 nitrogen and oxygen atoms in total. The highest BCUT2D eigenvalue weighted by atomic mass is 32.2. The van der Waals surface area contributed by atoms with Crippen LogP contribution < -0.4 is 5.56 Å². The summed E-state index contributed by atoms with van der Waals surface area (Å²) in [6.45, 7) is 5.98. The number of thiazole rings is 1. The van der Waals surface area contributed by atoms with Crippen LogP contribution in [0.15, 0.2) is 69.8 Å². The number of hydrogen-bond acceptors (Lipinski definition) is 8. The molecule has 0 unspecified atom stereocenters. The van der Waals surface area contributed by atoms with Crippen molar-refractivity contribution in [3.05, 3.63) is 70.5 Å². The van der Waals surface area contributed by atoms with E-state index in [-0.39, 0.29) is 28.6 Å². The molecule has 0 bridgehead atoms. The van der Waals surface area contributed by atoms with Gasteiger partial charge in [0.1, 0.15) is 16.1 Å². The summed E-state index contributed by atoms with van der Waals surface area (Å²) in [5.41, 5.74) is 0.881. The van der Waals surface area contributed by atoms with Crippen LogP contribution in [0.2, 0.25) is 0 Å². The van der Waals surface area contributed by atoms with E-state index in [2.05, 4.69) is 39.6 Å². The van der Waals surface area contributed by atoms with Crippen molar-refractivity contribution in [2.24, 2.45) is 11.8 Å². The van der Waals surface area contributed by atoms with E-state index in [4.69, 9.17) is 4.74 Å². The number of aromatic nitrogens is 4. The summed E-state index contributed by atoms with van der Waals surface area (Å²) in [7, 11) is 0. The van der Waals surface area contributed by atoms with Crippen molar-refractivity contribution >= 4 is 40.0 Å². The average Bonchev–Trinajstić information content (AvgIpc) is 3.51. The summed E-state index contributed by atoms with van der Waals surface area (Å²) < 4.78 is 7.25. The van der Waals surface area contributed by atoms with E-state index in [0.717, 1.165) is 28.3 Å². The Bertz CT molecular complexity index is 1410. The molecule has 5 rings (SSSR count). The van der Waals surface area contributed by atoms with Gasteiger partial charge in [-0.1, -0.05) is 29.5 Å². The fraction of sp³-hybridized carbons (Fsp3) is 0.370. The largest absolute Gasteiger partial charge is 0.460 e. The molecule has 0 amide bonds. The van der Waals surface area contributed by atoms with Gasteiger partial charge < -0.3 is 4.74 Å². The van der Waals surface area contributed by atoms with Gasteiger partial charge in [0.25, 0.3) is 5.56 Å². The number of benzene rings is 2. The van der Waals surface area contributed by atoms with Crippen LogP contribution in [-0.2, 0) is 16.1 Å². The quantitative estimate of drug-likeness (QED) is 0.313. The number of esters is 1. The maximum atomic E-state index is 13.4. The molecule has 9 heteroatoms. The maximum Gasteiger partial charge on any atom is 0.310 e. The number of nitrogens with zero attached hydrogens (tertiary/aromatic N) is 4. The van der Waals surface area contributed by atoms with Crippen molar-refractivity contribution in [1.82, 2.24) is 20.0 Å². The Morgan fingerprint density at radius 1 is 1.14 bits per heavy atom. The fourth-order valence-electron chi connectivity index (χ4n) is 4.67. The van der Waals surface area contributed by atoms with Gasteiger partial charge in [-0.3, -0.25) is 9.59 Å². The minimum Gasteiger partial charge on any atom is -0.460 e. The second-order valence-electron chi connectivity index (χ2n) is 10.0. The van der Waals surface area contributed by atoms with Gasteiger partial charge in [0.05, 0.1) is 17.8 Å². The first-order valence-corrected chi connectivity index (χ1v) is 13.8. The molecular formula is C27H28N4O3S2. The lowest BCUT2D eigenvalue weighted by molar-refractivity contribution is -0.161. The van der Waals surface area contributed by atoms with Crippen molar-refractivity contribution in [3.63, 3.8) is 0 Å². The van der Waals surface area contributed by atoms with Crippen molar-refractivity contribution in [2.45, 2.75) is 55.9 Å². The maximum absolute atomic E-state index is 13.4. The molecule has 1 aliphatic rings. The zero-order chi connectivity index (χ0) is 25.3. The summed E-state index contributed by atoms with van der Waals surface area (Å²) in [5, 5.41) is 11.9. The van der Waals surface area contributed by atoms with Gasteiger partial charge in [-0.15, -0.1) is 28.2 Å². The van der Waals surface area contributed by atoms with Crippen LogP contribution in [-0.4, -0.2) is 36.8 Å². The number of ether oxygens (including phenoxy) is 1. The Labute approximate surface area is 217 Å². The number of hydrogen-bond donors (Lipinski definition) is 0. The highest BCUT2D eigenvalue weighted by Gasteiger charge is 2.44. The minimum atomic E-state index is -0.589. The first kappa shape index (κ1) is 24.6. The number of fused-ring (bicyclic) bond motifs is 1. The van der Waals surface area contributed by atoms with Crippen molar-refractivity contribution in [2.75, 3.05) is 0 Å². The highest BCUT2D eigenvalue weighted by molar-refractivity contribution is 8.00. The van der Waals surface area contributed by atoms with E-state index in [1.165, 1.54) is 4.68 Å². The third-order valence-electron chi connectivity index (χ3n) is 6.27. The van der Waals surface area contributed by atoms with E-state index in [9.17, 15) is 9.59 Å². The smallest absolute Gasteiger partial charge is 0.310 e. The highest BCUT2D eigenvalue weighted by Crippen LogP contribution is 2.44. The summed E-state index contributed by atoms with van der Waals surface area (Å²) in [4.78, 5) is 31.9. The van der Waals surface area contributed by atoms with Crippen molar-refractivity contribution in [1.29, 1.82) is 0 Å². The van der Waals surface area contributed by atoms with E-state index < -0.39 is 5.60 Å². The van der Waals surface area contributed by atoms with Gasteiger partial charge in [-0.05, 0) is 63.8 Å². The van der Waals surface area contributed by atoms with Gasteiger partial charge >= 0.3 is 5.97 Å². The van der Waals surface area contributed by atoms with Gasteiger partial charge in [0.2, 0.25) is 0 Å². The Morgan fingerprint density at radius 3 is 2.64 bits per heavy atom. The first-order valence-electron chi connectivity index (χ1n) is 12.0. The number of thioether (sulfide) groups is 1. The predicted molar refractivity (Wildman–Crippen MR) is 143 cm³/mol. The molecule has 1 fully saturated rings. The summed E-state index contributed by atoms with van der Waals surface area (Å²) in [6, 6.07) is 15.5. The summed E-state index contributed by atoms with van der Waals surface area (Å²) in [5.74, 6) is -0.642. The lowest BCUT2D eigenvalue weighted by Crippen LogP contribution is -2.37. The SMILES string of the molecule is CC(C)(C)OC(=O)[C@H]1[C@H](Cn2nnc3ccccc3c2=O)CC[C@@H]1Sc1ccc(-c2nccs2)cc1. The third-order valence-corrected chi connectivity index (χ3v) is 8.47. The number of rotatable bonds is 6. The Hall–Kier alpha value is -3.04. The lowest BCUT2D eigenvalue weighted by Gasteiger charge is -2.28. The van der Waals surface area contributed by atoms with Crippen molar-refractivity contribution in [3.8, 4) is 10.6 Å². The topological polar surface area (TPSA) is 87.0 Å². The van der Waals surface area contributed by atoms with Crippen LogP contribution in [0.1, 0.15) is 33.6 Å². The molecular weight excluding hydrogens is 492 g/mol. The molecule has 0 aliphatic heterocycles. The molecule has 4 aromatic rings. The van der Waals surface area contributed by atoms with Crippen LogP contribution in [0, 0.1) is 11.8 Å². The average molecular weight is 521 g/mol. The summed E-state index contributed by atoms with van der Waals surface area (Å²) in [6.07, 6.45) is 3.46. The van der Waals surface area contributed by atoms with Crippen LogP contribution in [0.5, 0.6) is 0 Å². The summed E-state index contributed by atoms with van der Waals surface area (Å²) >= 11 is 3.31. The first-order chi connectivity index (χ1) is 17.3. The normalized spacial score (nSPS) is 20.0. The molecule has 1 aliphatic carbocycles. The number of carbonyl (C=O) groups excluding carboxylic acids is 1. The molecule has 2 heterocycles. The Balaban J connectivity index is 1.39. The molecule has 186 valence electrons. The van der Waals surface area contributed by atoms with Gasteiger partial charge in [-0.2, -0.15) is 0 Å². The second-order valence-corrected chi connectivity index (χ2v) is 12.2. The number of carbonyl (C=O) groups is 1. The van der Waals surface area contributed by atoms with Crippen LogP contribution in [0.25, 0.3) is 21.5 Å². The molecule has 2 aromatic heterocycles. The fourth-order valence-corrected chi connectivity index (χ4v) is 6.70. The zero-order valence-electron chi connectivity index (χ0n) is 20.5. The Kier molecular flexibility index (Phi) is 6.94. The molecule has 36 heavy (non-hydrogen) atoms. The van der Waals surface area contributed by atoms with Crippen LogP contribution in [0.3, 0.4) is 0 Å². The minimum absolute atomic E-state index is 0.0414. The lowest BCUT2D eigenvalue weighted by atomic mass is 9.95. The van der Waals surface area contributed by atoms with E-state index >= 15 is 0 Å². The van der Waals surface area contributed by atoms with Crippen LogP contribution >= 0.6 is 23.1 Å². The van der Waals surface area contributed by atoms with Gasteiger partial charge in [0, 0.05) is 27.3 Å². The third kappa shape index (κ3) is 5.37. The standard InChI is InChI=1S/C27H28N4O3S2/c1-27(2,3)34-26(33)23-18(16-31-25(32)20-6-4-5-7-21(20)29-30-31)10-13-22(23)36-19-11-8-17(9-12-19)24-28-14-15-35-24/h4-9,11-12,14-15,18,22-23H,10,13,16H2,1-3H3/t18-,22-,23-/m0/s1. The molecule has 0 saturated heterocycles. The predicted octanol–water partition coefficient (Wildman–Crippen LogP) is 5.44. The van der Waals surface area contributed by atoms with Gasteiger partial charge in [0.15, 0.2) is 0 Å². The zero-order valence-corrected chi connectivity index (χ0v) is 22.1. The van der Waals surface area contributed by atoms with Crippen molar-refractivity contribution < 1.29 is 9.53 Å². The van der Waals surface area contributed by atoms with Crippen LogP contribution in [0.4, 0.5) is 0 Å². The monoisotopic (exact) mass is 520 g/mol. The molecule has 3 atom stereocenters. The molecule has 2 aromatic carbocycles. The van der Waals surface area contributed by atoms with E-state index in [1.807, 2.05) is 38.3 Å². The Morgan fingerprint density at radius 2 is 1.92 bits per heavy atom. The molecule has 0 radical (unpaired) electrons. The molecule has 0 N–H and O–H groups in total. The van der Waals surface area contributed by atoms with E-state index in [0.29, 0.717) is 17.4 Å². The van der Waals surface area contributed by atoms with Gasteiger partial charge in [-0.25, -0.2) is 9.67 Å². The second kappa shape index (κ2) is 10.1.